The van der Waals surface area contributed by atoms with E-state index in [0.29, 0.717) is 18.7 Å². The molecule has 0 aromatic heterocycles. The molecule has 0 unspecified atom stereocenters. The lowest BCUT2D eigenvalue weighted by molar-refractivity contribution is -0.159. The number of hydrogen-bond donors (Lipinski definition) is 2. The third kappa shape index (κ3) is 5.95. The first-order chi connectivity index (χ1) is 14.4. The highest BCUT2D eigenvalue weighted by molar-refractivity contribution is 5.95. The van der Waals surface area contributed by atoms with E-state index >= 15 is 0 Å². The topological polar surface area (TPSA) is 114 Å². The molecule has 4 amide bonds. The van der Waals surface area contributed by atoms with E-state index in [-0.39, 0.29) is 12.3 Å². The molecule has 1 fully saturated rings. The fourth-order valence-electron chi connectivity index (χ4n) is 3.47. The molecule has 1 heterocycles. The van der Waals surface area contributed by atoms with Crippen LogP contribution in [0.5, 0.6) is 5.75 Å². The number of rotatable bonds is 8. The van der Waals surface area contributed by atoms with Crippen LogP contribution in [0, 0.1) is 5.92 Å². The number of piperidine rings is 1. The number of esters is 1. The Bertz CT molecular complexity index is 765. The molecule has 0 radical (unpaired) electrons. The summed E-state index contributed by atoms with van der Waals surface area (Å²) in [4.78, 5) is 50.1. The zero-order valence-electron chi connectivity index (χ0n) is 17.6. The highest BCUT2D eigenvalue weighted by Crippen LogP contribution is 2.38. The summed E-state index contributed by atoms with van der Waals surface area (Å²) in [6.45, 7) is 2.00. The maximum Gasteiger partial charge on any atom is 0.321 e. The van der Waals surface area contributed by atoms with Crippen molar-refractivity contribution in [3.8, 4) is 5.75 Å². The van der Waals surface area contributed by atoms with Crippen molar-refractivity contribution in [2.75, 3.05) is 27.3 Å². The third-order valence-electron chi connectivity index (χ3n) is 5.04. The minimum Gasteiger partial charge on any atom is -0.497 e. The molecule has 1 aromatic carbocycles. The van der Waals surface area contributed by atoms with Crippen molar-refractivity contribution in [2.45, 2.75) is 38.6 Å². The van der Waals surface area contributed by atoms with Gasteiger partial charge in [-0.05, 0) is 30.5 Å². The van der Waals surface area contributed by atoms with Gasteiger partial charge in [-0.3, -0.25) is 19.7 Å². The number of hydrogen-bond acceptors (Lipinski definition) is 6. The molecule has 164 valence electrons. The molecule has 2 N–H and O–H groups in total. The predicted molar refractivity (Wildman–Crippen MR) is 109 cm³/mol. The molecule has 9 heteroatoms. The average molecular weight is 419 g/mol. The molecule has 2 rings (SSSR count). The van der Waals surface area contributed by atoms with E-state index in [1.54, 1.807) is 24.1 Å². The molecule has 0 bridgehead atoms. The van der Waals surface area contributed by atoms with Gasteiger partial charge in [0.2, 0.25) is 5.91 Å². The number of amides is 4. The van der Waals surface area contributed by atoms with Gasteiger partial charge in [-0.25, -0.2) is 4.79 Å². The Morgan fingerprint density at radius 2 is 1.90 bits per heavy atom. The molecule has 1 aromatic rings. The van der Waals surface area contributed by atoms with E-state index in [1.807, 2.05) is 24.4 Å². The summed E-state index contributed by atoms with van der Waals surface area (Å²) in [6.07, 6.45) is 2.29. The molecular formula is C21H29N3O6. The van der Waals surface area contributed by atoms with E-state index in [1.165, 1.54) is 7.05 Å². The minimum atomic E-state index is -0.724. The van der Waals surface area contributed by atoms with E-state index in [9.17, 15) is 19.2 Å². The summed E-state index contributed by atoms with van der Waals surface area (Å²) >= 11 is 0. The summed E-state index contributed by atoms with van der Waals surface area (Å²) < 4.78 is 10.4. The van der Waals surface area contributed by atoms with Crippen LogP contribution in [0.15, 0.2) is 24.3 Å². The smallest absolute Gasteiger partial charge is 0.321 e. The van der Waals surface area contributed by atoms with Crippen molar-refractivity contribution in [2.24, 2.45) is 5.92 Å². The fraction of sp³-hybridized carbons (Fsp3) is 0.524. The van der Waals surface area contributed by atoms with Crippen LogP contribution in [0.4, 0.5) is 4.79 Å². The van der Waals surface area contributed by atoms with E-state index < -0.39 is 36.5 Å². The number of likely N-dealkylation sites (tertiary alicyclic amines) is 1. The van der Waals surface area contributed by atoms with Crippen LogP contribution in [0.25, 0.3) is 0 Å². The molecule has 0 saturated carbocycles. The van der Waals surface area contributed by atoms with E-state index in [4.69, 9.17) is 9.47 Å². The Kier molecular flexibility index (Phi) is 8.64. The first-order valence-electron chi connectivity index (χ1n) is 10.0. The van der Waals surface area contributed by atoms with Gasteiger partial charge < -0.3 is 19.7 Å². The number of imide groups is 1. The van der Waals surface area contributed by atoms with Crippen molar-refractivity contribution in [1.29, 1.82) is 0 Å². The maximum atomic E-state index is 12.8. The number of ether oxygens (including phenoxy) is 2. The average Bonchev–Trinajstić information content (AvgIpc) is 2.76. The zero-order valence-corrected chi connectivity index (χ0v) is 17.6. The minimum absolute atomic E-state index is 0.00863. The largest absolute Gasteiger partial charge is 0.497 e. The fourth-order valence-corrected chi connectivity index (χ4v) is 3.47. The molecule has 30 heavy (non-hydrogen) atoms. The molecular weight excluding hydrogens is 390 g/mol. The normalized spacial score (nSPS) is 18.5. The Hall–Kier alpha value is -3.10. The SMILES string of the molecule is CCCCN1C(=O)CC[C@@H](C(=O)OCC(=O)NC(=O)NC)[C@@H]1c1ccc(OC)cc1. The van der Waals surface area contributed by atoms with Gasteiger partial charge in [0.25, 0.3) is 5.91 Å². The van der Waals surface area contributed by atoms with Gasteiger partial charge in [-0.15, -0.1) is 0 Å². The lowest BCUT2D eigenvalue weighted by atomic mass is 9.84. The van der Waals surface area contributed by atoms with Gasteiger partial charge >= 0.3 is 12.0 Å². The van der Waals surface area contributed by atoms with Crippen molar-refractivity contribution in [1.82, 2.24) is 15.5 Å². The van der Waals surface area contributed by atoms with Crippen molar-refractivity contribution < 1.29 is 28.7 Å². The molecule has 1 aliphatic heterocycles. The van der Waals surface area contributed by atoms with Gasteiger partial charge in [0.05, 0.1) is 19.1 Å². The van der Waals surface area contributed by atoms with Crippen LogP contribution in [0.3, 0.4) is 0 Å². The van der Waals surface area contributed by atoms with Crippen molar-refractivity contribution in [3.63, 3.8) is 0 Å². The van der Waals surface area contributed by atoms with Crippen LogP contribution in [0.1, 0.15) is 44.2 Å². The van der Waals surface area contributed by atoms with E-state index in [0.717, 1.165) is 18.4 Å². The Morgan fingerprint density at radius 1 is 1.20 bits per heavy atom. The quantitative estimate of drug-likeness (QED) is 0.621. The lowest BCUT2D eigenvalue weighted by Crippen LogP contribution is -2.46. The Morgan fingerprint density at radius 3 is 2.50 bits per heavy atom. The van der Waals surface area contributed by atoms with Crippen LogP contribution in [-0.2, 0) is 19.1 Å². The lowest BCUT2D eigenvalue weighted by Gasteiger charge is -2.40. The number of unbranched alkanes of at least 4 members (excludes halogenated alkanes) is 1. The maximum absolute atomic E-state index is 12.8. The number of urea groups is 1. The molecule has 1 aliphatic rings. The molecule has 9 nitrogen and oxygen atoms in total. The van der Waals surface area contributed by atoms with Gasteiger partial charge in [-0.1, -0.05) is 25.5 Å². The van der Waals surface area contributed by atoms with Crippen molar-refractivity contribution in [3.05, 3.63) is 29.8 Å². The number of carbonyl (C=O) groups excluding carboxylic acids is 4. The molecule has 0 aliphatic carbocycles. The van der Waals surface area contributed by atoms with Crippen LogP contribution in [-0.4, -0.2) is 56.0 Å². The highest BCUT2D eigenvalue weighted by Gasteiger charge is 2.41. The van der Waals surface area contributed by atoms with Gasteiger partial charge in [0.15, 0.2) is 6.61 Å². The Balaban J connectivity index is 2.20. The monoisotopic (exact) mass is 419 g/mol. The number of benzene rings is 1. The second-order valence-corrected chi connectivity index (χ2v) is 7.04. The van der Waals surface area contributed by atoms with Crippen LogP contribution in [0.2, 0.25) is 0 Å². The summed E-state index contributed by atoms with van der Waals surface area (Å²) in [7, 11) is 2.94. The second-order valence-electron chi connectivity index (χ2n) is 7.04. The number of methoxy groups -OCH3 is 1. The summed E-state index contributed by atoms with van der Waals surface area (Å²) in [5.74, 6) is -1.24. The number of nitrogens with zero attached hydrogens (tertiary/aromatic N) is 1. The van der Waals surface area contributed by atoms with Crippen molar-refractivity contribution >= 4 is 23.8 Å². The molecule has 1 saturated heterocycles. The summed E-state index contributed by atoms with van der Waals surface area (Å²) in [5, 5.41) is 4.29. The Labute approximate surface area is 176 Å². The third-order valence-corrected chi connectivity index (χ3v) is 5.04. The van der Waals surface area contributed by atoms with Crippen LogP contribution < -0.4 is 15.4 Å². The standard InChI is InChI=1S/C21H29N3O6/c1-4-5-12-24-18(26)11-10-16(19(24)14-6-8-15(29-3)9-7-14)20(27)30-13-17(25)23-21(28)22-2/h6-9,16,19H,4-5,10-13H2,1-3H3,(H2,22,23,25,28)/t16-,19+/m1/s1. The number of carbonyl (C=O) groups is 4. The van der Waals surface area contributed by atoms with Crippen LogP contribution >= 0.6 is 0 Å². The van der Waals surface area contributed by atoms with E-state index in [2.05, 4.69) is 5.32 Å². The summed E-state index contributed by atoms with van der Waals surface area (Å²) in [6, 6.07) is 6.07. The molecule has 0 spiro atoms. The van der Waals surface area contributed by atoms with Gasteiger partial charge in [-0.2, -0.15) is 0 Å². The predicted octanol–water partition coefficient (Wildman–Crippen LogP) is 1.77. The molecule has 2 atom stereocenters. The summed E-state index contributed by atoms with van der Waals surface area (Å²) in [5.41, 5.74) is 0.803. The first kappa shape index (κ1) is 23.2. The zero-order chi connectivity index (χ0) is 22.1. The van der Waals surface area contributed by atoms with Gasteiger partial charge in [0.1, 0.15) is 5.75 Å². The highest BCUT2D eigenvalue weighted by atomic mass is 16.5. The first-order valence-corrected chi connectivity index (χ1v) is 10.0. The second kappa shape index (κ2) is 11.2. The number of nitrogens with one attached hydrogen (secondary N) is 2. The van der Waals surface area contributed by atoms with Gasteiger partial charge in [0, 0.05) is 20.0 Å².